The van der Waals surface area contributed by atoms with Crippen molar-refractivity contribution in [2.75, 3.05) is 7.11 Å². The zero-order chi connectivity index (χ0) is 17.9. The Hall–Kier alpha value is -3.22. The Labute approximate surface area is 137 Å². The van der Waals surface area contributed by atoms with Crippen molar-refractivity contribution in [1.82, 2.24) is 0 Å². The van der Waals surface area contributed by atoms with E-state index in [4.69, 9.17) is 4.74 Å². The normalized spacial score (nSPS) is 17.8. The average Bonchev–Trinajstić information content (AvgIpc) is 2.52. The number of allylic oxidation sites excluding steroid dienone is 1. The summed E-state index contributed by atoms with van der Waals surface area (Å²) in [7, 11) is 1.52. The van der Waals surface area contributed by atoms with Gasteiger partial charge in [-0.2, -0.15) is 0 Å². The molecule has 7 nitrogen and oxygen atoms in total. The molecule has 0 fully saturated rings. The lowest BCUT2D eigenvalue weighted by atomic mass is 9.93. The molecule has 1 aromatic carbocycles. The Morgan fingerprint density at radius 3 is 2.38 bits per heavy atom. The van der Waals surface area contributed by atoms with Crippen LogP contribution < -0.4 is 4.74 Å². The van der Waals surface area contributed by atoms with E-state index in [1.165, 1.54) is 13.2 Å². The number of ketones is 2. The number of methoxy groups -OCH3 is 1. The summed E-state index contributed by atoms with van der Waals surface area (Å²) in [5.74, 6) is -6.04. The van der Waals surface area contributed by atoms with Gasteiger partial charge in [0.2, 0.25) is 0 Å². The van der Waals surface area contributed by atoms with Crippen molar-refractivity contribution in [3.63, 3.8) is 0 Å². The number of hydrogen-bond donors (Lipinski definition) is 1. The monoisotopic (exact) mass is 330 g/mol. The summed E-state index contributed by atoms with van der Waals surface area (Å²) in [6.07, 6.45) is 2.49. The fraction of sp³-hybridized carbons (Fsp3) is 0.176. The van der Waals surface area contributed by atoms with Gasteiger partial charge in [-0.3, -0.25) is 14.4 Å². The van der Waals surface area contributed by atoms with Crippen LogP contribution >= 0.6 is 0 Å². The number of carbonyl (C=O) groups excluding carboxylic acids is 4. The zero-order valence-electron chi connectivity index (χ0n) is 12.9. The number of aliphatic hydroxyl groups is 1. The predicted octanol–water partition coefficient (Wildman–Crippen LogP) is 1.38. The van der Waals surface area contributed by atoms with Crippen LogP contribution in [0.1, 0.15) is 12.5 Å². The fourth-order valence-corrected chi connectivity index (χ4v) is 2.13. The molecule has 124 valence electrons. The smallest absolute Gasteiger partial charge is 0.352 e. The summed E-state index contributed by atoms with van der Waals surface area (Å²) < 4.78 is 9.37. The first kappa shape index (κ1) is 17.1. The number of hydrogen-bond acceptors (Lipinski definition) is 7. The molecule has 0 bridgehead atoms. The first-order valence-electron chi connectivity index (χ1n) is 6.91. The van der Waals surface area contributed by atoms with E-state index in [0.29, 0.717) is 11.3 Å². The highest BCUT2D eigenvalue weighted by molar-refractivity contribution is 6.24. The molecule has 0 saturated carbocycles. The average molecular weight is 330 g/mol. The maximum Gasteiger partial charge on any atom is 0.352 e. The van der Waals surface area contributed by atoms with Crippen LogP contribution in [0.3, 0.4) is 0 Å². The van der Waals surface area contributed by atoms with Gasteiger partial charge in [0.15, 0.2) is 17.5 Å². The van der Waals surface area contributed by atoms with Gasteiger partial charge >= 0.3 is 11.9 Å². The third-order valence-corrected chi connectivity index (χ3v) is 3.36. The Bertz CT molecular complexity index is 769. The maximum atomic E-state index is 12.2. The molecule has 1 aliphatic rings. The van der Waals surface area contributed by atoms with Gasteiger partial charge in [0.25, 0.3) is 0 Å². The highest BCUT2D eigenvalue weighted by Gasteiger charge is 2.42. The molecule has 7 heteroatoms. The van der Waals surface area contributed by atoms with E-state index in [1.54, 1.807) is 24.3 Å². The van der Waals surface area contributed by atoms with Gasteiger partial charge in [-0.05, 0) is 30.7 Å². The summed E-state index contributed by atoms with van der Waals surface area (Å²) in [5.41, 5.74) is -0.0366. The number of aliphatic hydroxyl groups excluding tert-OH is 1. The first-order valence-corrected chi connectivity index (χ1v) is 6.91. The van der Waals surface area contributed by atoms with Gasteiger partial charge in [-0.25, -0.2) is 4.79 Å². The van der Waals surface area contributed by atoms with Crippen molar-refractivity contribution in [1.29, 1.82) is 0 Å². The van der Waals surface area contributed by atoms with E-state index in [1.807, 2.05) is 0 Å². The second-order valence-electron chi connectivity index (χ2n) is 4.97. The van der Waals surface area contributed by atoms with E-state index in [2.05, 4.69) is 4.74 Å². The van der Waals surface area contributed by atoms with Crippen molar-refractivity contribution in [3.05, 3.63) is 47.2 Å². The van der Waals surface area contributed by atoms with E-state index in [9.17, 15) is 24.3 Å². The Kier molecular flexibility index (Phi) is 4.93. The molecule has 0 spiro atoms. The first-order chi connectivity index (χ1) is 11.3. The van der Waals surface area contributed by atoms with E-state index in [0.717, 1.165) is 13.0 Å². The summed E-state index contributed by atoms with van der Waals surface area (Å²) in [6, 6.07) is 6.73. The third-order valence-electron chi connectivity index (χ3n) is 3.36. The second kappa shape index (κ2) is 6.91. The topological polar surface area (TPSA) is 107 Å². The number of Topliss-reactive ketones (excluding diaryl/α,β-unsaturated/α-hetero) is 1. The van der Waals surface area contributed by atoms with E-state index >= 15 is 0 Å². The lowest BCUT2D eigenvalue weighted by molar-refractivity contribution is -0.162. The van der Waals surface area contributed by atoms with Crippen molar-refractivity contribution < 1.29 is 33.8 Å². The van der Waals surface area contributed by atoms with Crippen molar-refractivity contribution in [2.24, 2.45) is 5.92 Å². The minimum absolute atomic E-state index is 0.638. The molecule has 0 amide bonds. The number of ether oxygens (including phenoxy) is 2. The highest BCUT2D eigenvalue weighted by atomic mass is 16.6. The minimum Gasteiger partial charge on any atom is -0.510 e. The van der Waals surface area contributed by atoms with Crippen LogP contribution in [-0.4, -0.2) is 35.7 Å². The van der Waals surface area contributed by atoms with Crippen LogP contribution in [0.25, 0.3) is 6.08 Å². The lowest BCUT2D eigenvalue weighted by Crippen LogP contribution is -2.37. The molecule has 0 aliphatic carbocycles. The highest BCUT2D eigenvalue weighted by Crippen LogP contribution is 2.24. The van der Waals surface area contributed by atoms with Gasteiger partial charge in [-0.1, -0.05) is 18.2 Å². The standard InChI is InChI=1S/C17H14O7/c1-9(18)13-15(20)14(17(22)24-16(13)21)12(19)8-5-10-3-6-11(23-2)7-4-10/h3-8,14,20H,1-2H3. The molecule has 1 atom stereocenters. The van der Waals surface area contributed by atoms with Gasteiger partial charge in [-0.15, -0.1) is 0 Å². The Morgan fingerprint density at radius 1 is 1.21 bits per heavy atom. The van der Waals surface area contributed by atoms with Crippen molar-refractivity contribution in [2.45, 2.75) is 6.92 Å². The molecule has 24 heavy (non-hydrogen) atoms. The van der Waals surface area contributed by atoms with Crippen LogP contribution in [0.5, 0.6) is 5.75 Å². The van der Waals surface area contributed by atoms with Crippen molar-refractivity contribution in [3.8, 4) is 5.75 Å². The maximum absolute atomic E-state index is 12.2. The van der Waals surface area contributed by atoms with Gasteiger partial charge in [0.05, 0.1) is 7.11 Å². The number of cyclic esters (lactones) is 2. The van der Waals surface area contributed by atoms with Gasteiger partial charge in [0.1, 0.15) is 17.1 Å². The lowest BCUT2D eigenvalue weighted by Gasteiger charge is -2.19. The van der Waals surface area contributed by atoms with Crippen molar-refractivity contribution >= 4 is 29.6 Å². The number of esters is 2. The predicted molar refractivity (Wildman–Crippen MR) is 82.0 cm³/mol. The van der Waals surface area contributed by atoms with Crippen LogP contribution in [0.2, 0.25) is 0 Å². The molecule has 1 unspecified atom stereocenters. The molecule has 1 aromatic rings. The van der Waals surface area contributed by atoms with E-state index < -0.39 is 40.8 Å². The molecular weight excluding hydrogens is 316 g/mol. The van der Waals surface area contributed by atoms with E-state index in [-0.39, 0.29) is 0 Å². The zero-order valence-corrected chi connectivity index (χ0v) is 12.9. The fourth-order valence-electron chi connectivity index (χ4n) is 2.13. The summed E-state index contributed by atoms with van der Waals surface area (Å²) >= 11 is 0. The molecule has 0 radical (unpaired) electrons. The SMILES string of the molecule is COc1ccc(C=CC(=O)C2C(=O)OC(=O)C(C(C)=O)=C2O)cc1. The summed E-state index contributed by atoms with van der Waals surface area (Å²) in [6.45, 7) is 1.03. The molecule has 1 heterocycles. The number of benzene rings is 1. The molecule has 1 N–H and O–H groups in total. The largest absolute Gasteiger partial charge is 0.510 e. The van der Waals surface area contributed by atoms with Gasteiger partial charge in [0, 0.05) is 0 Å². The van der Waals surface area contributed by atoms with Crippen LogP contribution in [0, 0.1) is 5.92 Å². The van der Waals surface area contributed by atoms with Crippen LogP contribution in [-0.2, 0) is 23.9 Å². The molecule has 0 aromatic heterocycles. The molecule has 1 aliphatic heterocycles. The third kappa shape index (κ3) is 3.40. The minimum atomic E-state index is -1.73. The second-order valence-corrected chi connectivity index (χ2v) is 4.97. The summed E-state index contributed by atoms with van der Waals surface area (Å²) in [4.78, 5) is 46.7. The molecule has 0 saturated heterocycles. The Balaban J connectivity index is 2.27. The molecule has 2 rings (SSSR count). The Morgan fingerprint density at radius 2 is 1.83 bits per heavy atom. The molecular formula is C17H14O7. The van der Waals surface area contributed by atoms with Crippen LogP contribution in [0.15, 0.2) is 41.7 Å². The summed E-state index contributed by atoms with van der Waals surface area (Å²) in [5, 5.41) is 9.94. The number of rotatable bonds is 5. The van der Waals surface area contributed by atoms with Crippen LogP contribution in [0.4, 0.5) is 0 Å². The van der Waals surface area contributed by atoms with Gasteiger partial charge < -0.3 is 14.6 Å². The quantitative estimate of drug-likeness (QED) is 0.376. The number of carbonyl (C=O) groups is 4.